The zero-order valence-corrected chi connectivity index (χ0v) is 16.9. The molecule has 0 bridgehead atoms. The molecule has 6 heteroatoms. The number of likely N-dealkylation sites (tertiary alicyclic amines) is 2. The summed E-state index contributed by atoms with van der Waals surface area (Å²) < 4.78 is 6.07. The Morgan fingerprint density at radius 3 is 2.50 bits per heavy atom. The number of rotatable bonds is 5. The van der Waals surface area contributed by atoms with Crippen LogP contribution in [0.2, 0.25) is 0 Å². The van der Waals surface area contributed by atoms with Crippen LogP contribution in [0.5, 0.6) is 5.75 Å². The van der Waals surface area contributed by atoms with E-state index in [4.69, 9.17) is 4.74 Å². The van der Waals surface area contributed by atoms with Gasteiger partial charge in [-0.15, -0.1) is 11.3 Å². The minimum Gasteiger partial charge on any atom is -0.490 e. The van der Waals surface area contributed by atoms with Crippen LogP contribution < -0.4 is 4.74 Å². The molecule has 28 heavy (non-hydrogen) atoms. The highest BCUT2D eigenvalue weighted by molar-refractivity contribution is 7.10. The van der Waals surface area contributed by atoms with Gasteiger partial charge < -0.3 is 9.64 Å². The molecule has 0 saturated carbocycles. The van der Waals surface area contributed by atoms with Gasteiger partial charge in [0.1, 0.15) is 11.9 Å². The van der Waals surface area contributed by atoms with Gasteiger partial charge in [-0.25, -0.2) is 0 Å². The van der Waals surface area contributed by atoms with E-state index in [0.717, 1.165) is 62.5 Å². The predicted octanol–water partition coefficient (Wildman–Crippen LogP) is 3.69. The highest BCUT2D eigenvalue weighted by Crippen LogP contribution is 2.24. The lowest BCUT2D eigenvalue weighted by Gasteiger charge is -2.41. The number of piperidine rings is 2. The molecule has 2 fully saturated rings. The van der Waals surface area contributed by atoms with Crippen molar-refractivity contribution in [3.05, 3.63) is 53.0 Å². The minimum absolute atomic E-state index is 0.135. The van der Waals surface area contributed by atoms with Crippen molar-refractivity contribution in [2.75, 3.05) is 26.2 Å². The number of pyridine rings is 1. The molecule has 1 amide bonds. The van der Waals surface area contributed by atoms with Crippen LogP contribution in [0, 0.1) is 0 Å². The van der Waals surface area contributed by atoms with E-state index in [0.29, 0.717) is 12.1 Å². The number of thiophene rings is 1. The molecule has 0 radical (unpaired) electrons. The molecule has 2 aliphatic heterocycles. The maximum Gasteiger partial charge on any atom is 0.246 e. The molecule has 4 rings (SSSR count). The molecule has 2 saturated heterocycles. The molecule has 0 spiro atoms. The molecule has 0 N–H and O–H groups in total. The normalized spacial score (nSPS) is 19.9. The first kappa shape index (κ1) is 19.2. The van der Waals surface area contributed by atoms with E-state index in [1.165, 1.54) is 0 Å². The van der Waals surface area contributed by atoms with Crippen LogP contribution >= 0.6 is 11.3 Å². The first-order chi connectivity index (χ1) is 13.8. The number of nitrogens with zero attached hydrogens (tertiary/aromatic N) is 3. The molecule has 2 aromatic heterocycles. The van der Waals surface area contributed by atoms with E-state index in [2.05, 4.69) is 9.88 Å². The number of amides is 1. The highest BCUT2D eigenvalue weighted by Gasteiger charge is 2.29. The van der Waals surface area contributed by atoms with Crippen molar-refractivity contribution in [3.63, 3.8) is 0 Å². The van der Waals surface area contributed by atoms with Gasteiger partial charge in [0.05, 0.1) is 0 Å². The summed E-state index contributed by atoms with van der Waals surface area (Å²) >= 11 is 1.65. The molecule has 0 aromatic carbocycles. The molecular formula is C22H27N3O2S. The number of carbonyl (C=O) groups excluding carboxylic acids is 1. The van der Waals surface area contributed by atoms with Crippen LogP contribution in [0.15, 0.2) is 48.1 Å². The fourth-order valence-electron chi connectivity index (χ4n) is 4.06. The SMILES string of the molecule is O=C(/C=C/c1cccs1)N1CCC(N2CCC(Oc3ccncc3)CC2)CC1. The van der Waals surface area contributed by atoms with Crippen LogP contribution in [0.25, 0.3) is 6.08 Å². The summed E-state index contributed by atoms with van der Waals surface area (Å²) in [7, 11) is 0. The second kappa shape index (κ2) is 9.34. The van der Waals surface area contributed by atoms with Crippen LogP contribution in [-0.2, 0) is 4.79 Å². The summed E-state index contributed by atoms with van der Waals surface area (Å²) in [6, 6.07) is 8.47. The van der Waals surface area contributed by atoms with Gasteiger partial charge in [-0.05, 0) is 55.3 Å². The van der Waals surface area contributed by atoms with Crippen molar-refractivity contribution < 1.29 is 9.53 Å². The van der Waals surface area contributed by atoms with Gasteiger partial charge in [0, 0.05) is 55.6 Å². The van der Waals surface area contributed by atoms with Crippen molar-refractivity contribution in [2.45, 2.75) is 37.8 Å². The van der Waals surface area contributed by atoms with Gasteiger partial charge in [0.2, 0.25) is 5.91 Å². The highest BCUT2D eigenvalue weighted by atomic mass is 32.1. The quantitative estimate of drug-likeness (QED) is 0.722. The van der Waals surface area contributed by atoms with Crippen molar-refractivity contribution in [2.24, 2.45) is 0 Å². The largest absolute Gasteiger partial charge is 0.490 e. The smallest absolute Gasteiger partial charge is 0.246 e. The van der Waals surface area contributed by atoms with Gasteiger partial charge in [-0.3, -0.25) is 14.7 Å². The Balaban J connectivity index is 1.20. The van der Waals surface area contributed by atoms with Gasteiger partial charge in [-0.1, -0.05) is 6.07 Å². The number of hydrogen-bond acceptors (Lipinski definition) is 5. The topological polar surface area (TPSA) is 45.7 Å². The van der Waals surface area contributed by atoms with Crippen molar-refractivity contribution in [1.29, 1.82) is 0 Å². The second-order valence-electron chi connectivity index (χ2n) is 7.44. The number of carbonyl (C=O) groups is 1. The third-order valence-electron chi connectivity index (χ3n) is 5.65. The summed E-state index contributed by atoms with van der Waals surface area (Å²) in [5.74, 6) is 1.05. The van der Waals surface area contributed by atoms with Gasteiger partial charge in [0.15, 0.2) is 0 Å². The lowest BCUT2D eigenvalue weighted by Crippen LogP contribution is -2.49. The molecule has 4 heterocycles. The van der Waals surface area contributed by atoms with Gasteiger partial charge in [-0.2, -0.15) is 0 Å². The fraction of sp³-hybridized carbons (Fsp3) is 0.455. The molecule has 0 aliphatic carbocycles. The van der Waals surface area contributed by atoms with Crippen molar-refractivity contribution >= 4 is 23.3 Å². The average Bonchev–Trinajstić information content (AvgIpc) is 3.27. The molecule has 148 valence electrons. The number of aromatic nitrogens is 1. The van der Waals surface area contributed by atoms with Crippen molar-refractivity contribution in [1.82, 2.24) is 14.8 Å². The maximum atomic E-state index is 12.4. The Bertz CT molecular complexity index is 762. The molecule has 0 atom stereocenters. The molecule has 0 unspecified atom stereocenters. The zero-order chi connectivity index (χ0) is 19.2. The first-order valence-electron chi connectivity index (χ1n) is 10.1. The average molecular weight is 398 g/mol. The van der Waals surface area contributed by atoms with E-state index < -0.39 is 0 Å². The summed E-state index contributed by atoms with van der Waals surface area (Å²) in [5, 5.41) is 2.03. The van der Waals surface area contributed by atoms with Crippen LogP contribution in [0.3, 0.4) is 0 Å². The van der Waals surface area contributed by atoms with Crippen LogP contribution in [-0.4, -0.2) is 59.0 Å². The Labute approximate surface area is 170 Å². The summed E-state index contributed by atoms with van der Waals surface area (Å²) in [5.41, 5.74) is 0. The third kappa shape index (κ3) is 5.00. The Morgan fingerprint density at radius 2 is 1.82 bits per heavy atom. The molecule has 2 aromatic rings. The van der Waals surface area contributed by atoms with E-state index in [1.54, 1.807) is 29.8 Å². The fourth-order valence-corrected chi connectivity index (χ4v) is 4.68. The predicted molar refractivity (Wildman–Crippen MR) is 112 cm³/mol. The van der Waals surface area contributed by atoms with Crippen molar-refractivity contribution in [3.8, 4) is 5.75 Å². The van der Waals surface area contributed by atoms with E-state index in [9.17, 15) is 4.79 Å². The monoisotopic (exact) mass is 397 g/mol. The second-order valence-corrected chi connectivity index (χ2v) is 8.42. The Kier molecular flexibility index (Phi) is 6.39. The number of ether oxygens (including phenoxy) is 1. The minimum atomic E-state index is 0.135. The Hall–Kier alpha value is -2.18. The first-order valence-corrected chi connectivity index (χ1v) is 11.0. The third-order valence-corrected chi connectivity index (χ3v) is 6.49. The zero-order valence-electron chi connectivity index (χ0n) is 16.1. The number of hydrogen-bond donors (Lipinski definition) is 0. The summed E-state index contributed by atoms with van der Waals surface area (Å²) in [6.45, 7) is 3.86. The summed E-state index contributed by atoms with van der Waals surface area (Å²) in [4.78, 5) is 22.1. The van der Waals surface area contributed by atoms with Gasteiger partial charge >= 0.3 is 0 Å². The maximum absolute atomic E-state index is 12.4. The van der Waals surface area contributed by atoms with Crippen LogP contribution in [0.1, 0.15) is 30.6 Å². The van der Waals surface area contributed by atoms with E-state index in [1.807, 2.05) is 40.6 Å². The standard InChI is InChI=1S/C22H27N3O2S/c26-22(4-3-21-2-1-17-28-21)25-13-7-18(8-14-25)24-15-9-20(10-16-24)27-19-5-11-23-12-6-19/h1-6,11-12,17-18,20H,7-10,13-16H2/b4-3+. The summed E-state index contributed by atoms with van der Waals surface area (Å²) in [6.07, 6.45) is 11.7. The van der Waals surface area contributed by atoms with E-state index >= 15 is 0 Å². The van der Waals surface area contributed by atoms with E-state index in [-0.39, 0.29) is 5.91 Å². The molecule has 5 nitrogen and oxygen atoms in total. The van der Waals surface area contributed by atoms with Gasteiger partial charge in [0.25, 0.3) is 0 Å². The Morgan fingerprint density at radius 1 is 1.07 bits per heavy atom. The molecule has 2 aliphatic rings. The van der Waals surface area contributed by atoms with Crippen LogP contribution in [0.4, 0.5) is 0 Å². The lowest BCUT2D eigenvalue weighted by atomic mass is 9.98. The molecular weight excluding hydrogens is 370 g/mol. The lowest BCUT2D eigenvalue weighted by molar-refractivity contribution is -0.127.